The summed E-state index contributed by atoms with van der Waals surface area (Å²) in [5.74, 6) is 0.251. The molecule has 0 bridgehead atoms. The summed E-state index contributed by atoms with van der Waals surface area (Å²) in [7, 11) is 0. The van der Waals surface area contributed by atoms with Gasteiger partial charge in [0.1, 0.15) is 10.4 Å². The fraction of sp³-hybridized carbons (Fsp3) is 0.733. The minimum absolute atomic E-state index is 0.249. The monoisotopic (exact) mass is 308 g/mol. The van der Waals surface area contributed by atoms with E-state index >= 15 is 0 Å². The third-order valence-electron chi connectivity index (χ3n) is 3.27. The van der Waals surface area contributed by atoms with Gasteiger partial charge in [-0.2, -0.15) is 5.26 Å². The Morgan fingerprint density at radius 1 is 1.33 bits per heavy atom. The number of nitriles is 1. The lowest BCUT2D eigenvalue weighted by Gasteiger charge is -2.23. The molecule has 0 aromatic carbocycles. The average Bonchev–Trinajstić information content (AvgIpc) is 2.84. The molecule has 0 aliphatic carbocycles. The number of carbonyl (C=O) groups excluding carboxylic acids is 1. The molecule has 1 aromatic rings. The maximum atomic E-state index is 12.5. The van der Waals surface area contributed by atoms with Crippen LogP contribution in [-0.2, 0) is 11.2 Å². The number of rotatable bonds is 8. The number of hydrogen-bond acceptors (Lipinski definition) is 5. The Kier molecular flexibility index (Phi) is 6.76. The predicted molar refractivity (Wildman–Crippen MR) is 84.9 cm³/mol. The maximum absolute atomic E-state index is 12.5. The molecule has 1 aromatic heterocycles. The van der Waals surface area contributed by atoms with Crippen molar-refractivity contribution in [3.05, 3.63) is 5.01 Å². The van der Waals surface area contributed by atoms with Crippen LogP contribution < -0.4 is 5.32 Å². The van der Waals surface area contributed by atoms with Gasteiger partial charge in [-0.3, -0.25) is 10.1 Å². The van der Waals surface area contributed by atoms with Crippen molar-refractivity contribution in [3.63, 3.8) is 0 Å². The molecule has 0 saturated heterocycles. The molecule has 1 N–H and O–H groups in total. The summed E-state index contributed by atoms with van der Waals surface area (Å²) in [5.41, 5.74) is -0.951. The van der Waals surface area contributed by atoms with Crippen LogP contribution in [-0.4, -0.2) is 16.1 Å². The minimum atomic E-state index is -0.951. The van der Waals surface area contributed by atoms with E-state index in [0.29, 0.717) is 23.9 Å². The summed E-state index contributed by atoms with van der Waals surface area (Å²) in [6, 6.07) is 2.22. The van der Waals surface area contributed by atoms with Gasteiger partial charge in [0.2, 0.25) is 11.0 Å². The third kappa shape index (κ3) is 4.78. The van der Waals surface area contributed by atoms with Crippen LogP contribution in [0.5, 0.6) is 0 Å². The van der Waals surface area contributed by atoms with Crippen molar-refractivity contribution in [1.82, 2.24) is 10.2 Å². The summed E-state index contributed by atoms with van der Waals surface area (Å²) in [6.45, 7) is 8.20. The highest BCUT2D eigenvalue weighted by atomic mass is 32.1. The van der Waals surface area contributed by atoms with Crippen LogP contribution in [0.15, 0.2) is 0 Å². The number of carbonyl (C=O) groups is 1. The molecule has 0 atom stereocenters. The molecule has 0 aliphatic heterocycles. The topological polar surface area (TPSA) is 78.7 Å². The molecule has 0 saturated carbocycles. The van der Waals surface area contributed by atoms with Crippen LogP contribution in [0.3, 0.4) is 0 Å². The van der Waals surface area contributed by atoms with Gasteiger partial charge in [-0.25, -0.2) is 0 Å². The lowest BCUT2D eigenvalue weighted by atomic mass is 9.80. The zero-order valence-electron chi connectivity index (χ0n) is 13.3. The molecular formula is C15H24N4OS. The zero-order chi connectivity index (χ0) is 15.9. The van der Waals surface area contributed by atoms with Crippen LogP contribution in [0.25, 0.3) is 0 Å². The second kappa shape index (κ2) is 8.08. The fourth-order valence-corrected chi connectivity index (χ4v) is 3.27. The van der Waals surface area contributed by atoms with Crippen LogP contribution in [0, 0.1) is 22.7 Å². The first-order valence-corrected chi connectivity index (χ1v) is 8.34. The van der Waals surface area contributed by atoms with E-state index in [-0.39, 0.29) is 5.91 Å². The Labute approximate surface area is 130 Å². The molecule has 0 spiro atoms. The number of hydrogen-bond donors (Lipinski definition) is 1. The zero-order valence-corrected chi connectivity index (χ0v) is 14.1. The van der Waals surface area contributed by atoms with Gasteiger partial charge in [0.25, 0.3) is 0 Å². The van der Waals surface area contributed by atoms with Crippen molar-refractivity contribution in [2.45, 2.75) is 59.8 Å². The van der Waals surface area contributed by atoms with Gasteiger partial charge in [-0.05, 0) is 18.8 Å². The number of anilines is 1. The normalized spacial score (nSPS) is 11.4. The Morgan fingerprint density at radius 2 is 1.95 bits per heavy atom. The second-order valence-corrected chi connectivity index (χ2v) is 6.81. The van der Waals surface area contributed by atoms with Crippen LogP contribution >= 0.6 is 11.3 Å². The van der Waals surface area contributed by atoms with Gasteiger partial charge in [0.05, 0.1) is 6.07 Å². The first-order valence-electron chi connectivity index (χ1n) is 7.52. The van der Waals surface area contributed by atoms with E-state index in [1.807, 2.05) is 13.8 Å². The predicted octanol–water partition coefficient (Wildman–Crippen LogP) is 3.79. The van der Waals surface area contributed by atoms with Crippen LogP contribution in [0.4, 0.5) is 5.13 Å². The van der Waals surface area contributed by atoms with Crippen molar-refractivity contribution in [2.75, 3.05) is 5.32 Å². The lowest BCUT2D eigenvalue weighted by molar-refractivity contribution is -0.123. The molecule has 0 unspecified atom stereocenters. The molecule has 1 heterocycles. The number of nitrogens with zero attached hydrogens (tertiary/aromatic N) is 3. The summed E-state index contributed by atoms with van der Waals surface area (Å²) < 4.78 is 0. The Hall–Kier alpha value is -1.48. The quantitative estimate of drug-likeness (QED) is 0.792. The molecule has 0 fully saturated rings. The summed E-state index contributed by atoms with van der Waals surface area (Å²) in [4.78, 5) is 12.5. The molecule has 1 rings (SSSR count). The number of aromatic nitrogens is 2. The van der Waals surface area contributed by atoms with Crippen molar-refractivity contribution in [2.24, 2.45) is 11.3 Å². The standard InChI is InChI=1S/C15H24N4OS/c1-5-7-15(10-16,8-6-2)13(20)17-14-19-18-12(21-14)9-11(3)4/h11H,5-9H2,1-4H3,(H,17,19,20). The third-order valence-corrected chi connectivity index (χ3v) is 4.13. The lowest BCUT2D eigenvalue weighted by Crippen LogP contribution is -2.35. The Balaban J connectivity index is 2.82. The van der Waals surface area contributed by atoms with Gasteiger partial charge in [0.15, 0.2) is 0 Å². The minimum Gasteiger partial charge on any atom is -0.299 e. The molecule has 1 amide bonds. The van der Waals surface area contributed by atoms with Crippen molar-refractivity contribution < 1.29 is 4.79 Å². The van der Waals surface area contributed by atoms with Crippen molar-refractivity contribution >= 4 is 22.4 Å². The van der Waals surface area contributed by atoms with E-state index in [1.54, 1.807) is 0 Å². The van der Waals surface area contributed by atoms with E-state index in [2.05, 4.69) is 35.4 Å². The van der Waals surface area contributed by atoms with E-state index in [0.717, 1.165) is 24.3 Å². The molecule has 116 valence electrons. The smallest absolute Gasteiger partial charge is 0.246 e. The highest BCUT2D eigenvalue weighted by Crippen LogP contribution is 2.31. The van der Waals surface area contributed by atoms with E-state index in [1.165, 1.54) is 11.3 Å². The number of amides is 1. The first-order chi connectivity index (χ1) is 9.97. The van der Waals surface area contributed by atoms with Crippen molar-refractivity contribution in [3.8, 4) is 6.07 Å². The summed E-state index contributed by atoms with van der Waals surface area (Å²) in [5, 5.41) is 21.7. The average molecular weight is 308 g/mol. The van der Waals surface area contributed by atoms with Crippen LogP contribution in [0.1, 0.15) is 58.4 Å². The van der Waals surface area contributed by atoms with E-state index in [4.69, 9.17) is 0 Å². The molecule has 6 heteroatoms. The SMILES string of the molecule is CCCC(C#N)(CCC)C(=O)Nc1nnc(CC(C)C)s1. The number of nitrogens with one attached hydrogen (secondary N) is 1. The molecule has 21 heavy (non-hydrogen) atoms. The molecule has 0 radical (unpaired) electrons. The van der Waals surface area contributed by atoms with Crippen LogP contribution in [0.2, 0.25) is 0 Å². The first kappa shape index (κ1) is 17.6. The van der Waals surface area contributed by atoms with Gasteiger partial charge in [-0.15, -0.1) is 10.2 Å². The summed E-state index contributed by atoms with van der Waals surface area (Å²) >= 11 is 1.39. The largest absolute Gasteiger partial charge is 0.299 e. The highest BCUT2D eigenvalue weighted by molar-refractivity contribution is 7.15. The van der Waals surface area contributed by atoms with E-state index in [9.17, 15) is 10.1 Å². The van der Waals surface area contributed by atoms with Gasteiger partial charge < -0.3 is 0 Å². The van der Waals surface area contributed by atoms with Gasteiger partial charge in [-0.1, -0.05) is 51.9 Å². The molecule has 0 aliphatic rings. The van der Waals surface area contributed by atoms with Gasteiger partial charge in [0, 0.05) is 6.42 Å². The Bertz CT molecular complexity index is 498. The Morgan fingerprint density at radius 3 is 2.43 bits per heavy atom. The van der Waals surface area contributed by atoms with E-state index < -0.39 is 5.41 Å². The molecular weight excluding hydrogens is 284 g/mol. The second-order valence-electron chi connectivity index (χ2n) is 5.75. The molecule has 5 nitrogen and oxygen atoms in total. The highest BCUT2D eigenvalue weighted by Gasteiger charge is 2.37. The maximum Gasteiger partial charge on any atom is 0.246 e. The van der Waals surface area contributed by atoms with Gasteiger partial charge >= 0.3 is 0 Å². The fourth-order valence-electron chi connectivity index (χ4n) is 2.32. The van der Waals surface area contributed by atoms with Crippen molar-refractivity contribution in [1.29, 1.82) is 5.26 Å². The summed E-state index contributed by atoms with van der Waals surface area (Å²) in [6.07, 6.45) is 3.59.